The van der Waals surface area contributed by atoms with Gasteiger partial charge in [-0.05, 0) is 23.8 Å². The van der Waals surface area contributed by atoms with Gasteiger partial charge in [0.2, 0.25) is 0 Å². The second kappa shape index (κ2) is 5.79. The minimum absolute atomic E-state index is 0.0626. The van der Waals surface area contributed by atoms with Crippen LogP contribution >= 0.6 is 27.5 Å². The first-order valence-electron chi connectivity index (χ1n) is 4.18. The number of hydrogen-bond acceptors (Lipinski definition) is 1. The molecular formula is C11H8BrClO2. The number of halogens is 2. The molecule has 1 aromatic rings. The Labute approximate surface area is 101 Å². The van der Waals surface area contributed by atoms with E-state index in [9.17, 15) is 4.79 Å². The summed E-state index contributed by atoms with van der Waals surface area (Å²) in [7, 11) is 0. The molecule has 0 aliphatic rings. The summed E-state index contributed by atoms with van der Waals surface area (Å²) in [5.41, 5.74) is 1.35. The van der Waals surface area contributed by atoms with Gasteiger partial charge in [0.1, 0.15) is 0 Å². The highest BCUT2D eigenvalue weighted by Crippen LogP contribution is 2.16. The first kappa shape index (κ1) is 12.1. The van der Waals surface area contributed by atoms with Crippen molar-refractivity contribution in [2.24, 2.45) is 0 Å². The molecule has 4 heteroatoms. The van der Waals surface area contributed by atoms with Gasteiger partial charge in [0.05, 0.1) is 11.8 Å². The summed E-state index contributed by atoms with van der Waals surface area (Å²) < 4.78 is 0. The zero-order valence-electron chi connectivity index (χ0n) is 7.76. The van der Waals surface area contributed by atoms with Gasteiger partial charge < -0.3 is 5.11 Å². The zero-order valence-corrected chi connectivity index (χ0v) is 10.1. The van der Waals surface area contributed by atoms with E-state index in [2.05, 4.69) is 27.8 Å². The molecule has 0 saturated heterocycles. The Bertz CT molecular complexity index is 432. The van der Waals surface area contributed by atoms with Crippen LogP contribution in [0, 0.1) is 11.8 Å². The topological polar surface area (TPSA) is 37.3 Å². The van der Waals surface area contributed by atoms with E-state index in [-0.39, 0.29) is 6.42 Å². The van der Waals surface area contributed by atoms with Crippen molar-refractivity contribution in [1.29, 1.82) is 0 Å². The average Bonchev–Trinajstić information content (AvgIpc) is 2.16. The van der Waals surface area contributed by atoms with Crippen molar-refractivity contribution in [3.8, 4) is 11.8 Å². The minimum Gasteiger partial charge on any atom is -0.481 e. The Morgan fingerprint density at radius 3 is 2.87 bits per heavy atom. The van der Waals surface area contributed by atoms with Crippen molar-refractivity contribution >= 4 is 33.5 Å². The van der Waals surface area contributed by atoms with Crippen LogP contribution in [0.3, 0.4) is 0 Å². The van der Waals surface area contributed by atoms with Crippen LogP contribution in [0.1, 0.15) is 11.1 Å². The molecule has 0 spiro atoms. The van der Waals surface area contributed by atoms with E-state index in [1.54, 1.807) is 18.2 Å². The van der Waals surface area contributed by atoms with Gasteiger partial charge in [-0.25, -0.2) is 0 Å². The molecule has 0 aliphatic carbocycles. The van der Waals surface area contributed by atoms with Crippen LogP contribution in [-0.2, 0) is 11.2 Å². The lowest BCUT2D eigenvalue weighted by Crippen LogP contribution is -2.02. The molecule has 1 N–H and O–H groups in total. The van der Waals surface area contributed by atoms with Gasteiger partial charge in [0.25, 0.3) is 0 Å². The zero-order chi connectivity index (χ0) is 11.3. The number of carbonyl (C=O) groups is 1. The molecule has 0 radical (unpaired) electrons. The Kier molecular flexibility index (Phi) is 4.67. The summed E-state index contributed by atoms with van der Waals surface area (Å²) in [4.78, 5) is 10.6. The molecule has 2 nitrogen and oxygen atoms in total. The van der Waals surface area contributed by atoms with Gasteiger partial charge in [0.15, 0.2) is 0 Å². The molecule has 1 rings (SSSR count). The summed E-state index contributed by atoms with van der Waals surface area (Å²) in [6.45, 7) is 0. The summed E-state index contributed by atoms with van der Waals surface area (Å²) in [5.74, 6) is 4.82. The average molecular weight is 288 g/mol. The second-order valence-corrected chi connectivity index (χ2v) is 3.80. The lowest BCUT2D eigenvalue weighted by Gasteiger charge is -2.01. The van der Waals surface area contributed by atoms with E-state index < -0.39 is 5.97 Å². The van der Waals surface area contributed by atoms with E-state index in [1.807, 2.05) is 0 Å². The van der Waals surface area contributed by atoms with E-state index >= 15 is 0 Å². The van der Waals surface area contributed by atoms with Crippen molar-refractivity contribution in [2.75, 3.05) is 5.33 Å². The first-order valence-corrected chi connectivity index (χ1v) is 5.68. The monoisotopic (exact) mass is 286 g/mol. The lowest BCUT2D eigenvalue weighted by molar-refractivity contribution is -0.136. The van der Waals surface area contributed by atoms with E-state index in [0.717, 1.165) is 0 Å². The third-order valence-electron chi connectivity index (χ3n) is 1.70. The minimum atomic E-state index is -0.890. The Morgan fingerprint density at radius 2 is 2.27 bits per heavy atom. The third-order valence-corrected chi connectivity index (χ3v) is 2.21. The first-order chi connectivity index (χ1) is 7.13. The molecule has 0 bridgehead atoms. The molecule has 0 amide bonds. The highest BCUT2D eigenvalue weighted by molar-refractivity contribution is 9.09. The molecule has 0 aromatic heterocycles. The van der Waals surface area contributed by atoms with E-state index in [0.29, 0.717) is 21.5 Å². The fraction of sp³-hybridized carbons (Fsp3) is 0.182. The number of alkyl halides is 1. The van der Waals surface area contributed by atoms with Crippen LogP contribution in [0.2, 0.25) is 5.02 Å². The Hall–Kier alpha value is -0.980. The van der Waals surface area contributed by atoms with Gasteiger partial charge in [-0.2, -0.15) is 0 Å². The van der Waals surface area contributed by atoms with Gasteiger partial charge >= 0.3 is 5.97 Å². The maximum absolute atomic E-state index is 10.6. The van der Waals surface area contributed by atoms with Crippen molar-refractivity contribution in [3.05, 3.63) is 34.3 Å². The fourth-order valence-electron chi connectivity index (χ4n) is 1.12. The quantitative estimate of drug-likeness (QED) is 0.671. The molecule has 15 heavy (non-hydrogen) atoms. The van der Waals surface area contributed by atoms with Crippen LogP contribution in [0.15, 0.2) is 18.2 Å². The second-order valence-electron chi connectivity index (χ2n) is 2.81. The van der Waals surface area contributed by atoms with Gasteiger partial charge in [-0.15, -0.1) is 0 Å². The molecule has 78 valence electrons. The van der Waals surface area contributed by atoms with Gasteiger partial charge in [-0.1, -0.05) is 39.4 Å². The number of aliphatic carboxylic acids is 1. The van der Waals surface area contributed by atoms with Crippen LogP contribution < -0.4 is 0 Å². The van der Waals surface area contributed by atoms with Crippen LogP contribution in [-0.4, -0.2) is 16.4 Å². The van der Waals surface area contributed by atoms with E-state index in [1.165, 1.54) is 0 Å². The normalized spacial score (nSPS) is 9.20. The molecule has 0 atom stereocenters. The van der Waals surface area contributed by atoms with Crippen molar-refractivity contribution in [1.82, 2.24) is 0 Å². The lowest BCUT2D eigenvalue weighted by atomic mass is 10.1. The molecule has 1 aromatic carbocycles. The smallest absolute Gasteiger partial charge is 0.307 e. The Morgan fingerprint density at radius 1 is 1.53 bits per heavy atom. The highest BCUT2D eigenvalue weighted by Gasteiger charge is 2.05. The van der Waals surface area contributed by atoms with Crippen LogP contribution in [0.5, 0.6) is 0 Å². The van der Waals surface area contributed by atoms with Gasteiger partial charge in [-0.3, -0.25) is 4.79 Å². The number of benzene rings is 1. The molecule has 0 unspecified atom stereocenters. The number of hydrogen-bond donors (Lipinski definition) is 1. The fourth-order valence-corrected chi connectivity index (χ4v) is 1.46. The largest absolute Gasteiger partial charge is 0.481 e. The summed E-state index contributed by atoms with van der Waals surface area (Å²) in [5, 5.41) is 9.79. The summed E-state index contributed by atoms with van der Waals surface area (Å²) >= 11 is 8.96. The number of carboxylic acid groups (broad SMARTS) is 1. The highest BCUT2D eigenvalue weighted by atomic mass is 79.9. The van der Waals surface area contributed by atoms with Crippen molar-refractivity contribution < 1.29 is 9.90 Å². The maximum atomic E-state index is 10.6. The molecular weight excluding hydrogens is 279 g/mol. The number of carboxylic acids is 1. The standard InChI is InChI=1S/C11H8BrClO2/c12-5-1-2-8-3-4-10(13)6-9(8)7-11(14)15/h3-4,6H,5,7H2,(H,14,15). The summed E-state index contributed by atoms with van der Waals surface area (Å²) in [6.07, 6.45) is -0.0626. The SMILES string of the molecule is O=C(O)Cc1cc(Cl)ccc1C#CCBr. The maximum Gasteiger partial charge on any atom is 0.307 e. The predicted octanol–water partition coefficient (Wildman–Crippen LogP) is 2.71. The van der Waals surface area contributed by atoms with E-state index in [4.69, 9.17) is 16.7 Å². The van der Waals surface area contributed by atoms with Crippen molar-refractivity contribution in [3.63, 3.8) is 0 Å². The van der Waals surface area contributed by atoms with Crippen LogP contribution in [0.4, 0.5) is 0 Å². The van der Waals surface area contributed by atoms with Crippen molar-refractivity contribution in [2.45, 2.75) is 6.42 Å². The molecule has 0 heterocycles. The molecule has 0 saturated carbocycles. The third kappa shape index (κ3) is 3.94. The van der Waals surface area contributed by atoms with Crippen LogP contribution in [0.25, 0.3) is 0 Å². The molecule has 0 aliphatic heterocycles. The Balaban J connectivity index is 3.08. The summed E-state index contributed by atoms with van der Waals surface area (Å²) in [6, 6.07) is 5.06. The molecule has 0 fully saturated rings. The predicted molar refractivity (Wildman–Crippen MR) is 63.5 cm³/mol. The number of rotatable bonds is 2. The van der Waals surface area contributed by atoms with Gasteiger partial charge in [0, 0.05) is 10.6 Å².